The van der Waals surface area contributed by atoms with Crippen LogP contribution in [0.15, 0.2) is 70.6 Å². The van der Waals surface area contributed by atoms with Crippen molar-refractivity contribution >= 4 is 71.0 Å². The van der Waals surface area contributed by atoms with Crippen molar-refractivity contribution in [3.05, 3.63) is 71.8 Å². The normalized spacial score (nSPS) is 25.3. The van der Waals surface area contributed by atoms with Gasteiger partial charge in [-0.1, -0.05) is 102 Å². The lowest BCUT2D eigenvalue weighted by atomic mass is 9.99. The number of nitrogens with one attached hydrogen (secondary N) is 9. The molecular weight excluding hydrogens is 1070 g/mol. The summed E-state index contributed by atoms with van der Waals surface area (Å²) in [4.78, 5) is 153. The van der Waals surface area contributed by atoms with Crippen LogP contribution < -0.4 is 70.8 Å². The number of aliphatic imine (C=N–C) groups is 2. The standard InChI is InChI=1S/C57H88N16O10/c1-31(2)28-40-51(79)70-42(30-37-20-13-10-14-21-37)55(83)73-27-17-24-43(73)52(80)72-45(33(5)6)54(82)66-38(22-15-25-62-56(58)59)48(76)64-34(7)46(74)68-41(29-36-18-11-9-12-19-36)50(78)65-35(8)47(75)71-44(32(3)4)53(81)67-39(49(77)69-40)23-16-26-63-57(60)61/h9-14,18-21,31-35,38-45H,15-17,22-30H2,1-8H3,(H,64,76)(H,65,78)(H,66,82)(H,67,81)(H,68,74)(H,69,77)(H,70,79)(H,71,75)(H,72,80)(H4,58,59,62)(H4,60,61,63)/t34-,35-,38-,39-,40-,41+,42+,43-,44-,45-/m0/s1. The van der Waals surface area contributed by atoms with Crippen LogP contribution in [0.1, 0.15) is 111 Å². The number of rotatable bonds is 16. The van der Waals surface area contributed by atoms with Gasteiger partial charge >= 0.3 is 0 Å². The van der Waals surface area contributed by atoms with Crippen molar-refractivity contribution in [2.75, 3.05) is 19.6 Å². The fraction of sp³-hybridized carbons (Fsp3) is 0.579. The maximum atomic E-state index is 14.9. The molecule has 0 saturated carbocycles. The van der Waals surface area contributed by atoms with Crippen LogP contribution in [0, 0.1) is 17.8 Å². The molecule has 0 unspecified atom stereocenters. The van der Waals surface area contributed by atoms with Crippen LogP contribution in [-0.2, 0) is 60.8 Å². The average molecular weight is 1160 g/mol. The third kappa shape index (κ3) is 21.8. The molecule has 2 saturated heterocycles. The highest BCUT2D eigenvalue weighted by Gasteiger charge is 2.41. The lowest BCUT2D eigenvalue weighted by Crippen LogP contribution is -2.62. The monoisotopic (exact) mass is 1160 g/mol. The fourth-order valence-electron chi connectivity index (χ4n) is 9.58. The number of carbonyl (C=O) groups is 10. The van der Waals surface area contributed by atoms with Gasteiger partial charge < -0.3 is 75.7 Å². The number of hydrogen-bond acceptors (Lipinski definition) is 12. The summed E-state index contributed by atoms with van der Waals surface area (Å²) >= 11 is 0. The number of nitrogens with two attached hydrogens (primary N) is 4. The van der Waals surface area contributed by atoms with Crippen LogP contribution in [0.3, 0.4) is 0 Å². The molecule has 0 aliphatic carbocycles. The molecule has 2 aromatic rings. The molecule has 2 aliphatic heterocycles. The van der Waals surface area contributed by atoms with E-state index in [1.165, 1.54) is 18.7 Å². The topological polar surface area (TPSA) is 411 Å². The summed E-state index contributed by atoms with van der Waals surface area (Å²) in [5.41, 5.74) is 23.6. The Balaban J connectivity index is 1.81. The zero-order valence-corrected chi connectivity index (χ0v) is 49.0. The van der Waals surface area contributed by atoms with Gasteiger partial charge in [0.25, 0.3) is 0 Å². The van der Waals surface area contributed by atoms with Crippen molar-refractivity contribution in [3.63, 3.8) is 0 Å². The Labute approximate surface area is 485 Å². The van der Waals surface area contributed by atoms with E-state index in [2.05, 4.69) is 57.8 Å². The first-order chi connectivity index (χ1) is 39.2. The number of guanidine groups is 2. The van der Waals surface area contributed by atoms with E-state index in [0.29, 0.717) is 17.5 Å². The molecule has 456 valence electrons. The Kier molecular flexibility index (Phi) is 26.7. The molecule has 10 amide bonds. The lowest BCUT2D eigenvalue weighted by Gasteiger charge is -2.32. The van der Waals surface area contributed by atoms with Crippen molar-refractivity contribution in [1.29, 1.82) is 0 Å². The summed E-state index contributed by atoms with van der Waals surface area (Å²) < 4.78 is 0. The highest BCUT2D eigenvalue weighted by molar-refractivity contribution is 6.00. The number of carbonyl (C=O) groups excluding carboxylic acids is 10. The van der Waals surface area contributed by atoms with E-state index < -0.39 is 131 Å². The molecule has 2 aliphatic rings. The summed E-state index contributed by atoms with van der Waals surface area (Å²) in [6.07, 6.45) is 0.968. The van der Waals surface area contributed by atoms with E-state index in [0.717, 1.165) is 0 Å². The van der Waals surface area contributed by atoms with E-state index in [4.69, 9.17) is 22.9 Å². The Hall–Kier alpha value is -8.32. The van der Waals surface area contributed by atoms with Gasteiger partial charge in [0, 0.05) is 32.5 Å². The lowest BCUT2D eigenvalue weighted by molar-refractivity contribution is -0.143. The molecule has 0 radical (unpaired) electrons. The second-order valence-corrected chi connectivity index (χ2v) is 22.3. The Morgan fingerprint density at radius 3 is 1.33 bits per heavy atom. The number of hydrogen-bond donors (Lipinski definition) is 13. The van der Waals surface area contributed by atoms with Crippen molar-refractivity contribution in [2.24, 2.45) is 50.7 Å². The number of amides is 10. The quantitative estimate of drug-likeness (QED) is 0.0509. The predicted molar refractivity (Wildman–Crippen MR) is 313 cm³/mol. The third-order valence-electron chi connectivity index (χ3n) is 14.1. The van der Waals surface area contributed by atoms with Gasteiger partial charge in [0.05, 0.1) is 0 Å². The Bertz CT molecular complexity index is 2610. The molecule has 0 bridgehead atoms. The summed E-state index contributed by atoms with van der Waals surface area (Å²) in [6.45, 7) is 13.4. The molecule has 26 nitrogen and oxygen atoms in total. The average Bonchev–Trinajstić information content (AvgIpc) is 4.14. The van der Waals surface area contributed by atoms with Crippen molar-refractivity contribution in [2.45, 2.75) is 174 Å². The molecular formula is C57H88N16O10. The molecule has 2 heterocycles. The molecule has 26 heteroatoms. The Morgan fingerprint density at radius 1 is 0.482 bits per heavy atom. The summed E-state index contributed by atoms with van der Waals surface area (Å²) in [6, 6.07) is 4.96. The molecule has 0 aromatic heterocycles. The molecule has 0 spiro atoms. The van der Waals surface area contributed by atoms with Crippen molar-refractivity contribution in [3.8, 4) is 0 Å². The Morgan fingerprint density at radius 2 is 0.867 bits per heavy atom. The van der Waals surface area contributed by atoms with Crippen LogP contribution in [0.4, 0.5) is 0 Å². The van der Waals surface area contributed by atoms with E-state index in [-0.39, 0.29) is 88.8 Å². The van der Waals surface area contributed by atoms with Gasteiger partial charge in [-0.15, -0.1) is 0 Å². The van der Waals surface area contributed by atoms with Gasteiger partial charge in [-0.05, 0) is 87.7 Å². The van der Waals surface area contributed by atoms with Gasteiger partial charge in [0.2, 0.25) is 59.1 Å². The second-order valence-electron chi connectivity index (χ2n) is 22.3. The van der Waals surface area contributed by atoms with E-state index in [9.17, 15) is 47.9 Å². The van der Waals surface area contributed by atoms with Gasteiger partial charge in [-0.2, -0.15) is 0 Å². The van der Waals surface area contributed by atoms with Crippen LogP contribution in [0.25, 0.3) is 0 Å². The smallest absolute Gasteiger partial charge is 0.246 e. The first-order valence-electron chi connectivity index (χ1n) is 28.5. The zero-order valence-electron chi connectivity index (χ0n) is 49.0. The SMILES string of the molecule is CC(C)C[C@@H]1NC(=O)[C@H](CCCN=C(N)N)NC(=O)[C@H](C(C)C)NC(=O)[C@H](C)NC(=O)[C@@H](Cc2ccccc2)NC(=O)[C@H](C)NC(=O)[C@H](CCCN=C(N)N)NC(=O)[C@H](C(C)C)NC(=O)[C@@H]2CCCN2C(=O)[C@@H](Cc2ccccc2)NC1=O. The van der Waals surface area contributed by atoms with Crippen LogP contribution in [0.2, 0.25) is 0 Å². The largest absolute Gasteiger partial charge is 0.370 e. The summed E-state index contributed by atoms with van der Waals surface area (Å²) in [5, 5.41) is 24.6. The maximum absolute atomic E-state index is 14.9. The maximum Gasteiger partial charge on any atom is 0.246 e. The molecule has 83 heavy (non-hydrogen) atoms. The first kappa shape index (κ1) is 67.2. The van der Waals surface area contributed by atoms with Crippen molar-refractivity contribution in [1.82, 2.24) is 52.8 Å². The number of benzene rings is 2. The predicted octanol–water partition coefficient (Wildman–Crippen LogP) is -1.66. The summed E-state index contributed by atoms with van der Waals surface area (Å²) in [7, 11) is 0. The minimum atomic E-state index is -1.31. The van der Waals surface area contributed by atoms with E-state index in [1.807, 2.05) is 13.8 Å². The third-order valence-corrected chi connectivity index (χ3v) is 14.1. The number of fused-ring (bicyclic) bond motifs is 1. The van der Waals surface area contributed by atoms with Gasteiger partial charge in [-0.25, -0.2) is 0 Å². The molecule has 2 aromatic carbocycles. The first-order valence-corrected chi connectivity index (χ1v) is 28.5. The fourth-order valence-corrected chi connectivity index (χ4v) is 9.58. The highest BCUT2D eigenvalue weighted by atomic mass is 16.2. The van der Waals surface area contributed by atoms with Gasteiger partial charge in [-0.3, -0.25) is 57.9 Å². The van der Waals surface area contributed by atoms with Crippen LogP contribution in [0.5, 0.6) is 0 Å². The number of nitrogens with zero attached hydrogens (tertiary/aromatic N) is 3. The van der Waals surface area contributed by atoms with Gasteiger partial charge in [0.15, 0.2) is 11.9 Å². The second kappa shape index (κ2) is 33.0. The molecule has 2 fully saturated rings. The minimum Gasteiger partial charge on any atom is -0.370 e. The van der Waals surface area contributed by atoms with Crippen molar-refractivity contribution < 1.29 is 47.9 Å². The van der Waals surface area contributed by atoms with E-state index in [1.54, 1.807) is 88.4 Å². The highest BCUT2D eigenvalue weighted by Crippen LogP contribution is 2.22. The minimum absolute atomic E-state index is 0.00904. The van der Waals surface area contributed by atoms with Crippen LogP contribution >= 0.6 is 0 Å². The molecule has 17 N–H and O–H groups in total. The molecule has 10 atom stereocenters. The van der Waals surface area contributed by atoms with Crippen LogP contribution in [-0.4, -0.2) is 156 Å². The zero-order chi connectivity index (χ0) is 61.5. The van der Waals surface area contributed by atoms with E-state index >= 15 is 0 Å². The molecule has 4 rings (SSSR count). The van der Waals surface area contributed by atoms with Gasteiger partial charge in [0.1, 0.15) is 60.4 Å². The summed E-state index contributed by atoms with van der Waals surface area (Å²) in [5.74, 6) is -9.12.